The van der Waals surface area contributed by atoms with Crippen LogP contribution in [0.5, 0.6) is 0 Å². The number of aryl methyl sites for hydroxylation is 1. The maximum Gasteiger partial charge on any atom is 0.255 e. The van der Waals surface area contributed by atoms with Crippen molar-refractivity contribution in [2.45, 2.75) is 63.9 Å². The van der Waals surface area contributed by atoms with Gasteiger partial charge in [0.1, 0.15) is 18.0 Å². The van der Waals surface area contributed by atoms with Gasteiger partial charge in [0.15, 0.2) is 0 Å². The van der Waals surface area contributed by atoms with Crippen LogP contribution in [0.15, 0.2) is 42.6 Å². The molecule has 9 nitrogen and oxygen atoms in total. The molecule has 0 unspecified atom stereocenters. The molecule has 4 aromatic rings. The van der Waals surface area contributed by atoms with Gasteiger partial charge in [-0.2, -0.15) is 5.10 Å². The fraction of sp³-hybridized carbons (Fsp3) is 0.485. The lowest BCUT2D eigenvalue weighted by atomic mass is 9.89. The van der Waals surface area contributed by atoms with Crippen LogP contribution in [0, 0.1) is 12.8 Å². The Bertz CT molecular complexity index is 1710. The summed E-state index contributed by atoms with van der Waals surface area (Å²) in [6.07, 6.45) is 2.93. The van der Waals surface area contributed by atoms with Gasteiger partial charge in [-0.3, -0.25) is 9.59 Å². The van der Waals surface area contributed by atoms with E-state index in [1.807, 2.05) is 11.0 Å². The van der Waals surface area contributed by atoms with Gasteiger partial charge in [0.05, 0.1) is 28.8 Å². The van der Waals surface area contributed by atoms with E-state index in [-0.39, 0.29) is 36.7 Å². The van der Waals surface area contributed by atoms with E-state index in [1.165, 1.54) is 28.8 Å². The number of para-hydroxylation sites is 1. The lowest BCUT2D eigenvalue weighted by Gasteiger charge is -2.41. The zero-order valence-corrected chi connectivity index (χ0v) is 25.0. The number of piperidine rings is 1. The molecule has 5 heterocycles. The Balaban J connectivity index is 1.25. The number of rotatable bonds is 7. The summed E-state index contributed by atoms with van der Waals surface area (Å²) in [5.74, 6) is 0.710. The fourth-order valence-electron chi connectivity index (χ4n) is 6.81. The van der Waals surface area contributed by atoms with Gasteiger partial charge in [-0.05, 0) is 62.8 Å². The number of hydrogen-bond acceptors (Lipinski definition) is 5. The number of pyridine rings is 1. The van der Waals surface area contributed by atoms with E-state index in [9.17, 15) is 14.0 Å². The van der Waals surface area contributed by atoms with E-state index in [0.29, 0.717) is 31.1 Å². The lowest BCUT2D eigenvalue weighted by Crippen LogP contribution is -2.52. The number of hydrogen-bond donors (Lipinski definition) is 1. The minimum Gasteiger partial charge on any atom is -0.372 e. The van der Waals surface area contributed by atoms with E-state index in [2.05, 4.69) is 35.8 Å². The summed E-state index contributed by atoms with van der Waals surface area (Å²) in [5, 5.41) is 6.18. The van der Waals surface area contributed by atoms with Crippen LogP contribution in [0.25, 0.3) is 27.8 Å². The molecule has 10 heteroatoms. The number of halogens is 1. The van der Waals surface area contributed by atoms with Gasteiger partial charge in [-0.25, -0.2) is 8.91 Å². The molecule has 0 radical (unpaired) electrons. The van der Waals surface area contributed by atoms with Crippen molar-refractivity contribution in [3.63, 3.8) is 0 Å². The van der Waals surface area contributed by atoms with Gasteiger partial charge in [-0.1, -0.05) is 18.2 Å². The van der Waals surface area contributed by atoms with Crippen LogP contribution in [0.4, 0.5) is 4.39 Å². The highest BCUT2D eigenvalue weighted by Gasteiger charge is 2.36. The van der Waals surface area contributed by atoms with Gasteiger partial charge in [0.2, 0.25) is 0 Å². The Morgan fingerprint density at radius 3 is 2.63 bits per heavy atom. The van der Waals surface area contributed by atoms with Gasteiger partial charge in [0, 0.05) is 62.4 Å². The van der Waals surface area contributed by atoms with E-state index in [4.69, 9.17) is 15.6 Å². The maximum atomic E-state index is 14.2. The summed E-state index contributed by atoms with van der Waals surface area (Å²) in [4.78, 5) is 29.3. The van der Waals surface area contributed by atoms with Gasteiger partial charge in [-0.15, -0.1) is 0 Å². The number of carbonyl (C=O) groups is 2. The Hall–Kier alpha value is -3.76. The first kappa shape index (κ1) is 28.0. The predicted octanol–water partition coefficient (Wildman–Crippen LogP) is 4.15. The van der Waals surface area contributed by atoms with E-state index in [1.54, 1.807) is 30.8 Å². The highest BCUT2D eigenvalue weighted by molar-refractivity contribution is 5.95. The third kappa shape index (κ3) is 5.00. The molecule has 226 valence electrons. The minimum absolute atomic E-state index is 0.0331. The highest BCUT2D eigenvalue weighted by Crippen LogP contribution is 2.41. The molecule has 3 fully saturated rings. The van der Waals surface area contributed by atoms with Crippen LogP contribution >= 0.6 is 0 Å². The number of nitrogens with two attached hydrogens (primary N) is 1. The SMILES string of the molecule is CO[C@H](C)C(=O)N1CC(c2cccc3cc(-c4nn5cc(C(=O)N6C[C@H](N)C[C@@H](F)C6)ccc5c4C)n(CC4CC4)c23)C1. The second-order valence-corrected chi connectivity index (χ2v) is 12.7. The fourth-order valence-corrected chi connectivity index (χ4v) is 6.81. The number of fused-ring (bicyclic) bond motifs is 2. The van der Waals surface area contributed by atoms with Gasteiger partial charge in [0.25, 0.3) is 11.8 Å². The first-order valence-corrected chi connectivity index (χ1v) is 15.3. The molecule has 2 amide bonds. The number of alkyl halides is 1. The highest BCUT2D eigenvalue weighted by atomic mass is 19.1. The van der Waals surface area contributed by atoms with Crippen LogP contribution < -0.4 is 5.73 Å². The van der Waals surface area contributed by atoms with E-state index < -0.39 is 12.3 Å². The zero-order chi connectivity index (χ0) is 30.0. The molecule has 0 spiro atoms. The second kappa shape index (κ2) is 10.7. The Kier molecular flexibility index (Phi) is 7.01. The van der Waals surface area contributed by atoms with Crippen LogP contribution in [0.1, 0.15) is 53.6 Å². The summed E-state index contributed by atoms with van der Waals surface area (Å²) in [6.45, 7) is 6.57. The molecule has 3 aliphatic rings. The molecule has 0 bridgehead atoms. The molecular weight excluding hydrogens is 547 g/mol. The molecule has 3 aromatic heterocycles. The maximum absolute atomic E-state index is 14.2. The molecule has 3 atom stereocenters. The van der Waals surface area contributed by atoms with Crippen molar-refractivity contribution < 1.29 is 18.7 Å². The normalized spacial score (nSPS) is 21.9. The molecule has 7 rings (SSSR count). The molecule has 2 aliphatic heterocycles. The second-order valence-electron chi connectivity index (χ2n) is 12.7. The van der Waals surface area contributed by atoms with Crippen molar-refractivity contribution in [2.75, 3.05) is 33.3 Å². The van der Waals surface area contributed by atoms with Crippen molar-refractivity contribution in [3.8, 4) is 11.4 Å². The summed E-state index contributed by atoms with van der Waals surface area (Å²) >= 11 is 0. The predicted molar refractivity (Wildman–Crippen MR) is 163 cm³/mol. The molecule has 43 heavy (non-hydrogen) atoms. The van der Waals surface area contributed by atoms with Crippen LogP contribution in [-0.4, -0.2) is 87.4 Å². The van der Waals surface area contributed by atoms with Gasteiger partial charge >= 0.3 is 0 Å². The summed E-state index contributed by atoms with van der Waals surface area (Å²) in [7, 11) is 1.57. The third-order valence-electron chi connectivity index (χ3n) is 9.51. The standard InChI is InChI=1S/C33H39FN6O3/c1-19-28-10-9-23(33(42)38-17-25(34)12-26(35)18-38)16-40(28)36-30(19)29-11-22-5-4-6-27(31(22)39(29)13-21-7-8-21)24-14-37(15-24)32(41)20(2)43-3/h4-6,9-11,16,20-21,24-26H,7-8,12-15,17-18,35H2,1-3H3/t20-,25-,26-/m1/s1. The molecule has 1 saturated carbocycles. The van der Waals surface area contributed by atoms with E-state index >= 15 is 0 Å². The number of benzene rings is 1. The zero-order valence-electron chi connectivity index (χ0n) is 25.0. The van der Waals surface area contributed by atoms with Crippen molar-refractivity contribution in [3.05, 3.63) is 59.3 Å². The lowest BCUT2D eigenvalue weighted by molar-refractivity contribution is -0.145. The summed E-state index contributed by atoms with van der Waals surface area (Å²) in [6, 6.07) is 12.1. The smallest absolute Gasteiger partial charge is 0.255 e. The third-order valence-corrected chi connectivity index (χ3v) is 9.51. The molecule has 2 N–H and O–H groups in total. The Labute approximate surface area is 250 Å². The first-order chi connectivity index (χ1) is 20.7. The number of carbonyl (C=O) groups excluding carboxylic acids is 2. The molecule has 1 aromatic carbocycles. The number of likely N-dealkylation sites (tertiary alicyclic amines) is 2. The average Bonchev–Trinajstić information content (AvgIpc) is 3.63. The quantitative estimate of drug-likeness (QED) is 0.351. The summed E-state index contributed by atoms with van der Waals surface area (Å²) < 4.78 is 23.6. The van der Waals surface area contributed by atoms with E-state index in [0.717, 1.165) is 34.4 Å². The number of nitrogens with zero attached hydrogens (tertiary/aromatic N) is 5. The number of amides is 2. The largest absolute Gasteiger partial charge is 0.372 e. The molecular formula is C33H39FN6O3. The summed E-state index contributed by atoms with van der Waals surface area (Å²) in [5.41, 5.74) is 12.9. The molecule has 1 aliphatic carbocycles. The Morgan fingerprint density at radius 2 is 1.91 bits per heavy atom. The first-order valence-electron chi connectivity index (χ1n) is 15.3. The van der Waals surface area contributed by atoms with Crippen LogP contribution in [0.3, 0.4) is 0 Å². The minimum atomic E-state index is -1.11. The Morgan fingerprint density at radius 1 is 1.12 bits per heavy atom. The van der Waals surface area contributed by atoms with Crippen molar-refractivity contribution >= 4 is 28.2 Å². The van der Waals surface area contributed by atoms with Crippen molar-refractivity contribution in [1.29, 1.82) is 0 Å². The molecule has 2 saturated heterocycles. The topological polar surface area (TPSA) is 98.1 Å². The van der Waals surface area contributed by atoms with Gasteiger partial charge < -0.3 is 24.8 Å². The monoisotopic (exact) mass is 586 g/mol. The van der Waals surface area contributed by atoms with Crippen molar-refractivity contribution in [2.24, 2.45) is 11.7 Å². The number of ether oxygens (including phenoxy) is 1. The van der Waals surface area contributed by atoms with Crippen LogP contribution in [0.2, 0.25) is 0 Å². The average molecular weight is 587 g/mol. The van der Waals surface area contributed by atoms with Crippen molar-refractivity contribution in [1.82, 2.24) is 24.0 Å². The number of methoxy groups -OCH3 is 1. The number of aromatic nitrogens is 3. The van der Waals surface area contributed by atoms with Crippen LogP contribution in [-0.2, 0) is 16.1 Å².